The van der Waals surface area contributed by atoms with Crippen LogP contribution in [0.2, 0.25) is 0 Å². The third-order valence-corrected chi connectivity index (χ3v) is 6.41. The van der Waals surface area contributed by atoms with Crippen LogP contribution in [-0.4, -0.2) is 47.7 Å². The highest BCUT2D eigenvalue weighted by atomic mass is 32.1. The molecule has 1 saturated heterocycles. The third-order valence-electron chi connectivity index (χ3n) is 5.28. The number of aryl methyl sites for hydroxylation is 1. The minimum absolute atomic E-state index is 0.0412. The Labute approximate surface area is 184 Å². The van der Waals surface area contributed by atoms with Gasteiger partial charge in [-0.2, -0.15) is 0 Å². The van der Waals surface area contributed by atoms with Gasteiger partial charge in [0.1, 0.15) is 4.88 Å². The number of hydrogen-bond acceptors (Lipinski definition) is 5. The average Bonchev–Trinajstić information content (AvgIpc) is 3.36. The number of amides is 1. The van der Waals surface area contributed by atoms with Gasteiger partial charge >= 0.3 is 5.97 Å². The van der Waals surface area contributed by atoms with E-state index in [0.29, 0.717) is 24.3 Å². The molecule has 0 radical (unpaired) electrons. The number of nitrogens with zero attached hydrogens (tertiary/aromatic N) is 1. The summed E-state index contributed by atoms with van der Waals surface area (Å²) in [6, 6.07) is 3.77. The zero-order valence-corrected chi connectivity index (χ0v) is 19.0. The summed E-state index contributed by atoms with van der Waals surface area (Å²) in [6.07, 6.45) is 8.86. The van der Waals surface area contributed by atoms with Gasteiger partial charge in [-0.05, 0) is 43.7 Å². The minimum atomic E-state index is -0.554. The highest BCUT2D eigenvalue weighted by molar-refractivity contribution is 7.13. The van der Waals surface area contributed by atoms with E-state index in [2.05, 4.69) is 18.8 Å². The molecule has 2 heterocycles. The fourth-order valence-electron chi connectivity index (χ4n) is 3.39. The monoisotopic (exact) mass is 431 g/mol. The summed E-state index contributed by atoms with van der Waals surface area (Å²) in [6.45, 7) is 4.77. The summed E-state index contributed by atoms with van der Waals surface area (Å²) >= 11 is 1.44. The Morgan fingerprint density at radius 1 is 1.43 bits per heavy atom. The molecule has 2 rings (SSSR count). The number of rotatable bonds is 10. The predicted molar refractivity (Wildman–Crippen MR) is 120 cm³/mol. The lowest BCUT2D eigenvalue weighted by atomic mass is 10.00. The van der Waals surface area contributed by atoms with Crippen molar-refractivity contribution < 1.29 is 19.4 Å². The third kappa shape index (κ3) is 7.30. The second-order valence-corrected chi connectivity index (χ2v) is 8.88. The quantitative estimate of drug-likeness (QED) is 0.342. The van der Waals surface area contributed by atoms with Crippen LogP contribution in [0.1, 0.15) is 66.9 Å². The van der Waals surface area contributed by atoms with Crippen LogP contribution < -0.4 is 0 Å². The average molecular weight is 432 g/mol. The summed E-state index contributed by atoms with van der Waals surface area (Å²) in [5.74, 6) is 6.17. The molecule has 30 heavy (non-hydrogen) atoms. The number of esters is 1. The number of aliphatic hydroxyl groups excluding tert-OH is 1. The molecule has 6 heteroatoms. The Morgan fingerprint density at radius 3 is 2.97 bits per heavy atom. The number of methoxy groups -OCH3 is 1. The smallest absolute Gasteiger partial charge is 0.348 e. The molecule has 0 aromatic carbocycles. The van der Waals surface area contributed by atoms with Crippen LogP contribution in [0, 0.1) is 17.8 Å². The molecule has 1 aliphatic rings. The van der Waals surface area contributed by atoms with E-state index >= 15 is 0 Å². The van der Waals surface area contributed by atoms with E-state index < -0.39 is 6.10 Å². The summed E-state index contributed by atoms with van der Waals surface area (Å²) < 4.78 is 4.74. The lowest BCUT2D eigenvalue weighted by Crippen LogP contribution is -2.33. The zero-order chi connectivity index (χ0) is 21.9. The van der Waals surface area contributed by atoms with E-state index in [-0.39, 0.29) is 23.8 Å². The van der Waals surface area contributed by atoms with Crippen molar-refractivity contribution in [1.29, 1.82) is 0 Å². The van der Waals surface area contributed by atoms with Gasteiger partial charge < -0.3 is 14.7 Å². The largest absolute Gasteiger partial charge is 0.465 e. The molecule has 1 amide bonds. The van der Waals surface area contributed by atoms with Crippen molar-refractivity contribution in [2.75, 3.05) is 13.7 Å². The van der Waals surface area contributed by atoms with Gasteiger partial charge in [-0.1, -0.05) is 26.0 Å². The number of unbranched alkanes of at least 4 members (excludes halogenated alkanes) is 1. The van der Waals surface area contributed by atoms with Gasteiger partial charge in [0.25, 0.3) is 0 Å². The van der Waals surface area contributed by atoms with Gasteiger partial charge in [-0.3, -0.25) is 4.79 Å². The van der Waals surface area contributed by atoms with E-state index in [1.165, 1.54) is 18.4 Å². The molecule has 164 valence electrons. The molecular formula is C24H33NO4S. The molecule has 3 atom stereocenters. The number of aliphatic hydroxyl groups is 1. The minimum Gasteiger partial charge on any atom is -0.465 e. The Hall–Kier alpha value is -2.10. The molecule has 1 aromatic heterocycles. The van der Waals surface area contributed by atoms with Gasteiger partial charge in [-0.25, -0.2) is 4.79 Å². The molecule has 5 nitrogen and oxygen atoms in total. The van der Waals surface area contributed by atoms with Crippen molar-refractivity contribution in [2.45, 2.75) is 70.9 Å². The van der Waals surface area contributed by atoms with E-state index in [0.717, 1.165) is 37.0 Å². The summed E-state index contributed by atoms with van der Waals surface area (Å²) in [5.41, 5.74) is 0. The SMILES string of the molecule is CCCC#CC[C@H](C)[C@H](O)C=C[C@H]1CCC(=O)N1CCCc1ccc(C(=O)OC)s1. The number of likely N-dealkylation sites (tertiary alicyclic amines) is 1. The Kier molecular flexibility index (Phi) is 10.1. The molecule has 1 aromatic rings. The first-order valence-electron chi connectivity index (χ1n) is 10.7. The van der Waals surface area contributed by atoms with E-state index in [9.17, 15) is 14.7 Å². The maximum atomic E-state index is 12.3. The summed E-state index contributed by atoms with van der Waals surface area (Å²) in [4.78, 5) is 27.5. The second-order valence-electron chi connectivity index (χ2n) is 7.71. The molecule has 0 saturated carbocycles. The van der Waals surface area contributed by atoms with Crippen LogP contribution in [0.4, 0.5) is 0 Å². The maximum absolute atomic E-state index is 12.3. The van der Waals surface area contributed by atoms with E-state index in [1.807, 2.05) is 30.0 Å². The first-order chi connectivity index (χ1) is 14.5. The van der Waals surface area contributed by atoms with E-state index in [1.54, 1.807) is 6.07 Å². The van der Waals surface area contributed by atoms with Crippen LogP contribution >= 0.6 is 11.3 Å². The number of carbonyl (C=O) groups excluding carboxylic acids is 2. The van der Waals surface area contributed by atoms with Gasteiger partial charge in [0.05, 0.1) is 19.3 Å². The predicted octanol–water partition coefficient (Wildman–Crippen LogP) is 4.21. The standard InChI is InChI=1S/C24H33NO4S/c1-4-5-6-7-9-18(2)21(26)14-11-19-12-16-23(27)25(19)17-8-10-20-13-15-22(30-20)24(28)29-3/h11,13-15,18-19,21,26H,4-5,8-10,12,16-17H2,1-3H3/t18-,19-,21+/m0/s1. The van der Waals surface area contributed by atoms with Gasteiger partial charge in [0, 0.05) is 30.7 Å². The van der Waals surface area contributed by atoms with Crippen molar-refractivity contribution >= 4 is 23.2 Å². The molecule has 0 spiro atoms. The molecule has 1 aliphatic heterocycles. The normalized spacial score (nSPS) is 18.3. The van der Waals surface area contributed by atoms with Crippen LogP contribution in [0.15, 0.2) is 24.3 Å². The first-order valence-corrected chi connectivity index (χ1v) is 11.6. The van der Waals surface area contributed by atoms with Crippen molar-refractivity contribution in [3.8, 4) is 11.8 Å². The topological polar surface area (TPSA) is 66.8 Å². The van der Waals surface area contributed by atoms with Gasteiger partial charge in [0.2, 0.25) is 5.91 Å². The number of hydrogen-bond donors (Lipinski definition) is 1. The number of carbonyl (C=O) groups is 2. The van der Waals surface area contributed by atoms with Crippen molar-refractivity contribution in [3.63, 3.8) is 0 Å². The molecule has 0 bridgehead atoms. The Bertz CT molecular complexity index is 789. The lowest BCUT2D eigenvalue weighted by molar-refractivity contribution is -0.128. The summed E-state index contributed by atoms with van der Waals surface area (Å²) in [7, 11) is 1.38. The lowest BCUT2D eigenvalue weighted by Gasteiger charge is -2.23. The fraction of sp³-hybridized carbons (Fsp3) is 0.583. The van der Waals surface area contributed by atoms with Crippen LogP contribution in [0.3, 0.4) is 0 Å². The van der Waals surface area contributed by atoms with Crippen molar-refractivity contribution in [3.05, 3.63) is 34.0 Å². The zero-order valence-electron chi connectivity index (χ0n) is 18.2. The van der Waals surface area contributed by atoms with Crippen LogP contribution in [-0.2, 0) is 16.0 Å². The first kappa shape index (κ1) is 24.2. The van der Waals surface area contributed by atoms with Crippen molar-refractivity contribution in [1.82, 2.24) is 4.90 Å². The highest BCUT2D eigenvalue weighted by Gasteiger charge is 2.28. The van der Waals surface area contributed by atoms with Gasteiger partial charge in [0.15, 0.2) is 0 Å². The molecule has 0 aliphatic carbocycles. The van der Waals surface area contributed by atoms with Gasteiger partial charge in [-0.15, -0.1) is 23.2 Å². The Morgan fingerprint density at radius 2 is 2.23 bits per heavy atom. The highest BCUT2D eigenvalue weighted by Crippen LogP contribution is 2.23. The fourth-order valence-corrected chi connectivity index (χ4v) is 4.36. The molecule has 0 unspecified atom stereocenters. The summed E-state index contributed by atoms with van der Waals surface area (Å²) in [5, 5.41) is 10.4. The molecular weight excluding hydrogens is 398 g/mol. The molecule has 1 N–H and O–H groups in total. The molecule has 1 fully saturated rings. The number of ether oxygens (including phenoxy) is 1. The maximum Gasteiger partial charge on any atom is 0.348 e. The number of thiophene rings is 1. The second kappa shape index (κ2) is 12.6. The van der Waals surface area contributed by atoms with E-state index in [4.69, 9.17) is 4.74 Å². The Balaban J connectivity index is 1.83. The van der Waals surface area contributed by atoms with Crippen LogP contribution in [0.25, 0.3) is 0 Å². The van der Waals surface area contributed by atoms with Crippen molar-refractivity contribution in [2.24, 2.45) is 5.92 Å². The van der Waals surface area contributed by atoms with Crippen LogP contribution in [0.5, 0.6) is 0 Å².